The van der Waals surface area contributed by atoms with E-state index in [9.17, 15) is 4.79 Å². The Balaban J connectivity index is 1.51. The van der Waals surface area contributed by atoms with Gasteiger partial charge in [0.25, 0.3) is 0 Å². The van der Waals surface area contributed by atoms with E-state index in [1.807, 2.05) is 4.90 Å². The summed E-state index contributed by atoms with van der Waals surface area (Å²) in [6.45, 7) is 5.37. The zero-order valence-corrected chi connectivity index (χ0v) is 12.3. The van der Waals surface area contributed by atoms with Gasteiger partial charge in [-0.3, -0.25) is 0 Å². The van der Waals surface area contributed by atoms with E-state index in [0.29, 0.717) is 12.0 Å². The smallest absolute Gasteiger partial charge is 0.317 e. The summed E-state index contributed by atoms with van der Waals surface area (Å²) in [6.07, 6.45) is 5.73. The van der Waals surface area contributed by atoms with Crippen molar-refractivity contribution < 1.29 is 14.3 Å². The van der Waals surface area contributed by atoms with Gasteiger partial charge in [0.15, 0.2) is 0 Å². The van der Waals surface area contributed by atoms with Gasteiger partial charge >= 0.3 is 6.03 Å². The fourth-order valence-electron chi connectivity index (χ4n) is 3.16. The van der Waals surface area contributed by atoms with Gasteiger partial charge in [-0.2, -0.15) is 0 Å². The molecule has 1 aliphatic carbocycles. The first-order valence-corrected chi connectivity index (χ1v) is 8.00. The first-order chi connectivity index (χ1) is 9.74. The van der Waals surface area contributed by atoms with Crippen LogP contribution in [0, 0.1) is 5.92 Å². The van der Waals surface area contributed by atoms with E-state index in [2.05, 4.69) is 12.2 Å². The Morgan fingerprint density at radius 1 is 1.30 bits per heavy atom. The van der Waals surface area contributed by atoms with E-state index in [-0.39, 0.29) is 18.2 Å². The summed E-state index contributed by atoms with van der Waals surface area (Å²) in [5, 5.41) is 3.14. The molecule has 5 heteroatoms. The monoisotopic (exact) mass is 282 g/mol. The first kappa shape index (κ1) is 14.1. The highest BCUT2D eigenvalue weighted by Gasteiger charge is 2.36. The molecular formula is C15H26N2O3. The van der Waals surface area contributed by atoms with Crippen LogP contribution in [0.25, 0.3) is 0 Å². The van der Waals surface area contributed by atoms with Gasteiger partial charge in [-0.25, -0.2) is 4.79 Å². The minimum absolute atomic E-state index is 0.0856. The maximum Gasteiger partial charge on any atom is 0.317 e. The molecule has 1 saturated carbocycles. The lowest BCUT2D eigenvalue weighted by Crippen LogP contribution is -2.50. The van der Waals surface area contributed by atoms with Crippen LogP contribution >= 0.6 is 0 Å². The molecule has 3 atom stereocenters. The molecule has 0 bridgehead atoms. The topological polar surface area (TPSA) is 50.8 Å². The zero-order chi connectivity index (χ0) is 13.9. The molecule has 0 radical (unpaired) electrons. The van der Waals surface area contributed by atoms with E-state index in [0.717, 1.165) is 58.5 Å². The SMILES string of the molecule is CC(NC(=O)N(CC1CCOC1)C1CC1)C1CCCO1. The van der Waals surface area contributed by atoms with Crippen molar-refractivity contribution in [3.8, 4) is 0 Å². The maximum atomic E-state index is 12.5. The molecule has 3 rings (SSSR count). The van der Waals surface area contributed by atoms with Crippen molar-refractivity contribution in [2.45, 2.75) is 57.2 Å². The fourth-order valence-corrected chi connectivity index (χ4v) is 3.16. The maximum absolute atomic E-state index is 12.5. The van der Waals surface area contributed by atoms with Crippen molar-refractivity contribution in [1.29, 1.82) is 0 Å². The Morgan fingerprint density at radius 3 is 2.75 bits per heavy atom. The van der Waals surface area contributed by atoms with E-state index in [1.165, 1.54) is 0 Å². The lowest BCUT2D eigenvalue weighted by Gasteiger charge is -2.28. The summed E-state index contributed by atoms with van der Waals surface area (Å²) in [6, 6.07) is 0.640. The van der Waals surface area contributed by atoms with E-state index >= 15 is 0 Å². The first-order valence-electron chi connectivity index (χ1n) is 8.00. The number of urea groups is 1. The zero-order valence-electron chi connectivity index (χ0n) is 12.3. The number of carbonyl (C=O) groups excluding carboxylic acids is 1. The van der Waals surface area contributed by atoms with E-state index < -0.39 is 0 Å². The van der Waals surface area contributed by atoms with Gasteiger partial charge in [-0.15, -0.1) is 0 Å². The number of hydrogen-bond donors (Lipinski definition) is 1. The third kappa shape index (κ3) is 3.44. The van der Waals surface area contributed by atoms with Crippen molar-refractivity contribution >= 4 is 6.03 Å². The Labute approximate surface area is 121 Å². The van der Waals surface area contributed by atoms with Gasteiger partial charge in [-0.05, 0) is 39.0 Å². The van der Waals surface area contributed by atoms with Gasteiger partial charge in [0.05, 0.1) is 18.8 Å². The van der Waals surface area contributed by atoms with Crippen molar-refractivity contribution in [1.82, 2.24) is 10.2 Å². The van der Waals surface area contributed by atoms with E-state index in [1.54, 1.807) is 0 Å². The predicted molar refractivity (Wildman–Crippen MR) is 75.6 cm³/mol. The molecule has 0 aromatic rings. The van der Waals surface area contributed by atoms with E-state index in [4.69, 9.17) is 9.47 Å². The van der Waals surface area contributed by atoms with Crippen LogP contribution in [0.2, 0.25) is 0 Å². The highest BCUT2D eigenvalue weighted by atomic mass is 16.5. The van der Waals surface area contributed by atoms with Crippen LogP contribution in [0.4, 0.5) is 4.79 Å². The second-order valence-corrected chi connectivity index (χ2v) is 6.40. The predicted octanol–water partition coefficient (Wildman–Crippen LogP) is 1.76. The third-order valence-corrected chi connectivity index (χ3v) is 4.60. The van der Waals surface area contributed by atoms with Crippen molar-refractivity contribution in [2.24, 2.45) is 5.92 Å². The molecule has 0 aromatic heterocycles. The van der Waals surface area contributed by atoms with Crippen LogP contribution < -0.4 is 5.32 Å². The normalized spacial score (nSPS) is 31.2. The molecule has 0 aromatic carbocycles. The summed E-state index contributed by atoms with van der Waals surface area (Å²) < 4.78 is 11.1. The highest BCUT2D eigenvalue weighted by molar-refractivity contribution is 5.75. The van der Waals surface area contributed by atoms with Crippen molar-refractivity contribution in [3.05, 3.63) is 0 Å². The summed E-state index contributed by atoms with van der Waals surface area (Å²) in [5.74, 6) is 0.513. The Hall–Kier alpha value is -0.810. The summed E-state index contributed by atoms with van der Waals surface area (Å²) in [4.78, 5) is 14.5. The number of rotatable bonds is 5. The molecule has 3 aliphatic rings. The van der Waals surface area contributed by atoms with Gasteiger partial charge < -0.3 is 19.7 Å². The molecule has 2 heterocycles. The van der Waals surface area contributed by atoms with Crippen molar-refractivity contribution in [3.63, 3.8) is 0 Å². The Kier molecular flexibility index (Phi) is 4.46. The number of ether oxygens (including phenoxy) is 2. The number of nitrogens with zero attached hydrogens (tertiary/aromatic N) is 1. The largest absolute Gasteiger partial charge is 0.381 e. The second-order valence-electron chi connectivity index (χ2n) is 6.40. The number of nitrogens with one attached hydrogen (secondary N) is 1. The molecule has 3 fully saturated rings. The molecule has 2 aliphatic heterocycles. The fraction of sp³-hybridized carbons (Fsp3) is 0.933. The molecule has 2 amide bonds. The molecule has 3 unspecified atom stereocenters. The van der Waals surface area contributed by atoms with Gasteiger partial charge in [0.1, 0.15) is 0 Å². The van der Waals surface area contributed by atoms with Crippen LogP contribution in [0.3, 0.4) is 0 Å². The molecule has 20 heavy (non-hydrogen) atoms. The molecule has 1 N–H and O–H groups in total. The summed E-state index contributed by atoms with van der Waals surface area (Å²) in [5.41, 5.74) is 0. The highest BCUT2D eigenvalue weighted by Crippen LogP contribution is 2.29. The lowest BCUT2D eigenvalue weighted by atomic mass is 10.1. The molecule has 0 spiro atoms. The molecule has 2 saturated heterocycles. The van der Waals surface area contributed by atoms with Gasteiger partial charge in [0, 0.05) is 31.7 Å². The standard InChI is InChI=1S/C15H26N2O3/c1-11(14-3-2-7-20-14)16-15(18)17(13-4-5-13)9-12-6-8-19-10-12/h11-14H,2-10H2,1H3,(H,16,18). The Morgan fingerprint density at radius 2 is 2.15 bits per heavy atom. The molecule has 5 nitrogen and oxygen atoms in total. The van der Waals surface area contributed by atoms with Gasteiger partial charge in [-0.1, -0.05) is 0 Å². The van der Waals surface area contributed by atoms with Crippen LogP contribution in [0.1, 0.15) is 39.0 Å². The third-order valence-electron chi connectivity index (χ3n) is 4.60. The molecular weight excluding hydrogens is 256 g/mol. The van der Waals surface area contributed by atoms with Crippen LogP contribution in [0.15, 0.2) is 0 Å². The summed E-state index contributed by atoms with van der Waals surface area (Å²) >= 11 is 0. The average Bonchev–Trinajstić information content (AvgIpc) is 2.96. The average molecular weight is 282 g/mol. The van der Waals surface area contributed by atoms with Gasteiger partial charge in [0.2, 0.25) is 0 Å². The summed E-state index contributed by atoms with van der Waals surface area (Å²) in [7, 11) is 0. The Bertz CT molecular complexity index is 334. The van der Waals surface area contributed by atoms with Crippen molar-refractivity contribution in [2.75, 3.05) is 26.4 Å². The minimum Gasteiger partial charge on any atom is -0.381 e. The number of hydrogen-bond acceptors (Lipinski definition) is 3. The number of amides is 2. The number of carbonyl (C=O) groups is 1. The second kappa shape index (κ2) is 6.31. The molecule has 114 valence electrons. The minimum atomic E-state index is 0.0856. The van der Waals surface area contributed by atoms with Crippen LogP contribution in [-0.4, -0.2) is 55.5 Å². The quantitative estimate of drug-likeness (QED) is 0.836. The van der Waals surface area contributed by atoms with Crippen LogP contribution in [0.5, 0.6) is 0 Å². The van der Waals surface area contributed by atoms with Crippen LogP contribution in [-0.2, 0) is 9.47 Å². The lowest BCUT2D eigenvalue weighted by molar-refractivity contribution is 0.0822.